The van der Waals surface area contributed by atoms with Crippen LogP contribution in [0.15, 0.2) is 45.3 Å². The SMILES string of the molecule is CCCNc1nnc(SCc2ncc(-c3ccccc3)o2)s1. The summed E-state index contributed by atoms with van der Waals surface area (Å²) in [7, 11) is 0. The van der Waals surface area contributed by atoms with E-state index in [0.717, 1.165) is 33.8 Å². The van der Waals surface area contributed by atoms with Crippen molar-refractivity contribution in [2.45, 2.75) is 23.4 Å². The molecule has 1 aromatic carbocycles. The number of anilines is 1. The molecular weight excluding hydrogens is 316 g/mol. The second-order valence-electron chi connectivity index (χ2n) is 4.57. The Hall–Kier alpha value is -1.86. The molecule has 3 aromatic rings. The van der Waals surface area contributed by atoms with Crippen molar-refractivity contribution in [3.05, 3.63) is 42.4 Å². The normalized spacial score (nSPS) is 10.8. The zero-order chi connectivity index (χ0) is 15.2. The van der Waals surface area contributed by atoms with Gasteiger partial charge in [0, 0.05) is 12.1 Å². The van der Waals surface area contributed by atoms with Crippen molar-refractivity contribution < 1.29 is 4.42 Å². The molecule has 5 nitrogen and oxygen atoms in total. The van der Waals surface area contributed by atoms with E-state index in [1.165, 1.54) is 0 Å². The highest BCUT2D eigenvalue weighted by Crippen LogP contribution is 2.29. The molecule has 0 atom stereocenters. The van der Waals surface area contributed by atoms with Crippen molar-refractivity contribution in [2.24, 2.45) is 0 Å². The summed E-state index contributed by atoms with van der Waals surface area (Å²) in [6.45, 7) is 3.04. The van der Waals surface area contributed by atoms with E-state index in [9.17, 15) is 0 Å². The number of hydrogen-bond donors (Lipinski definition) is 1. The van der Waals surface area contributed by atoms with Gasteiger partial charge in [0.1, 0.15) is 0 Å². The summed E-state index contributed by atoms with van der Waals surface area (Å²) in [5, 5.41) is 12.3. The van der Waals surface area contributed by atoms with E-state index in [0.29, 0.717) is 11.6 Å². The molecule has 2 heterocycles. The Labute approximate surface area is 137 Å². The fourth-order valence-electron chi connectivity index (χ4n) is 1.81. The largest absolute Gasteiger partial charge is 0.440 e. The summed E-state index contributed by atoms with van der Waals surface area (Å²) in [5.74, 6) is 2.13. The van der Waals surface area contributed by atoms with Crippen LogP contribution in [-0.4, -0.2) is 21.7 Å². The van der Waals surface area contributed by atoms with Crippen molar-refractivity contribution in [2.75, 3.05) is 11.9 Å². The van der Waals surface area contributed by atoms with Crippen LogP contribution in [0, 0.1) is 0 Å². The summed E-state index contributed by atoms with van der Waals surface area (Å²) >= 11 is 3.14. The van der Waals surface area contributed by atoms with Crippen molar-refractivity contribution >= 4 is 28.2 Å². The van der Waals surface area contributed by atoms with Gasteiger partial charge in [-0.05, 0) is 6.42 Å². The molecule has 114 valence electrons. The lowest BCUT2D eigenvalue weighted by atomic mass is 10.2. The van der Waals surface area contributed by atoms with Crippen LogP contribution in [0.25, 0.3) is 11.3 Å². The summed E-state index contributed by atoms with van der Waals surface area (Å²) in [5.41, 5.74) is 1.04. The van der Waals surface area contributed by atoms with Gasteiger partial charge in [-0.25, -0.2) is 4.98 Å². The molecule has 0 aliphatic heterocycles. The molecule has 0 fully saturated rings. The Kier molecular flexibility index (Phi) is 5.07. The van der Waals surface area contributed by atoms with Gasteiger partial charge in [0.25, 0.3) is 0 Å². The van der Waals surface area contributed by atoms with Gasteiger partial charge in [-0.1, -0.05) is 60.4 Å². The zero-order valence-electron chi connectivity index (χ0n) is 12.2. The van der Waals surface area contributed by atoms with Crippen molar-refractivity contribution in [1.82, 2.24) is 15.2 Å². The van der Waals surface area contributed by atoms with Crippen molar-refractivity contribution in [1.29, 1.82) is 0 Å². The first-order chi connectivity index (χ1) is 10.8. The molecule has 0 spiro atoms. The van der Waals surface area contributed by atoms with Crippen LogP contribution in [0.4, 0.5) is 5.13 Å². The van der Waals surface area contributed by atoms with E-state index < -0.39 is 0 Å². The van der Waals surface area contributed by atoms with E-state index in [-0.39, 0.29) is 0 Å². The van der Waals surface area contributed by atoms with Gasteiger partial charge in [0.2, 0.25) is 11.0 Å². The Morgan fingerprint density at radius 3 is 2.91 bits per heavy atom. The molecule has 3 rings (SSSR count). The van der Waals surface area contributed by atoms with Crippen LogP contribution in [0.5, 0.6) is 0 Å². The number of nitrogens with one attached hydrogen (secondary N) is 1. The van der Waals surface area contributed by atoms with Gasteiger partial charge >= 0.3 is 0 Å². The van der Waals surface area contributed by atoms with Gasteiger partial charge in [-0.2, -0.15) is 0 Å². The molecule has 0 unspecified atom stereocenters. The molecule has 0 bridgehead atoms. The van der Waals surface area contributed by atoms with Crippen molar-refractivity contribution in [3.8, 4) is 11.3 Å². The number of aromatic nitrogens is 3. The molecule has 0 saturated carbocycles. The second kappa shape index (κ2) is 7.42. The maximum absolute atomic E-state index is 5.77. The number of hydrogen-bond acceptors (Lipinski definition) is 7. The number of thioether (sulfide) groups is 1. The highest BCUT2D eigenvalue weighted by Gasteiger charge is 2.09. The highest BCUT2D eigenvalue weighted by molar-refractivity contribution is 8.00. The van der Waals surface area contributed by atoms with Crippen molar-refractivity contribution in [3.63, 3.8) is 0 Å². The Balaban J connectivity index is 1.58. The maximum atomic E-state index is 5.77. The third-order valence-electron chi connectivity index (χ3n) is 2.86. The lowest BCUT2D eigenvalue weighted by Gasteiger charge is -1.96. The molecule has 7 heteroatoms. The summed E-state index contributed by atoms with van der Waals surface area (Å²) in [6, 6.07) is 9.97. The quantitative estimate of drug-likeness (QED) is 0.651. The van der Waals surface area contributed by atoms with E-state index in [1.807, 2.05) is 30.3 Å². The van der Waals surface area contributed by atoms with Crippen LogP contribution in [0.2, 0.25) is 0 Å². The monoisotopic (exact) mass is 332 g/mol. The Morgan fingerprint density at radius 2 is 2.09 bits per heavy atom. The molecule has 0 aliphatic rings. The summed E-state index contributed by atoms with van der Waals surface area (Å²) < 4.78 is 6.69. The highest BCUT2D eigenvalue weighted by atomic mass is 32.2. The first-order valence-corrected chi connectivity index (χ1v) is 8.85. The fourth-order valence-corrected chi connectivity index (χ4v) is 3.44. The van der Waals surface area contributed by atoms with Crippen LogP contribution in [0.3, 0.4) is 0 Å². The Bertz CT molecular complexity index is 711. The van der Waals surface area contributed by atoms with Crippen LogP contribution in [0.1, 0.15) is 19.2 Å². The molecule has 0 saturated heterocycles. The molecular formula is C15H16N4OS2. The van der Waals surface area contributed by atoms with Gasteiger partial charge < -0.3 is 9.73 Å². The average Bonchev–Trinajstić information content (AvgIpc) is 3.21. The van der Waals surface area contributed by atoms with E-state index >= 15 is 0 Å². The molecule has 0 radical (unpaired) electrons. The minimum absolute atomic E-state index is 0.648. The Morgan fingerprint density at radius 1 is 1.23 bits per heavy atom. The predicted molar refractivity (Wildman–Crippen MR) is 90.2 cm³/mol. The number of oxazole rings is 1. The maximum Gasteiger partial charge on any atom is 0.206 e. The lowest BCUT2D eigenvalue weighted by Crippen LogP contribution is -1.98. The van der Waals surface area contributed by atoms with Crippen LogP contribution >= 0.6 is 23.1 Å². The lowest BCUT2D eigenvalue weighted by molar-refractivity contribution is 0.530. The first kappa shape index (κ1) is 15.1. The number of rotatable bonds is 7. The molecule has 2 aromatic heterocycles. The predicted octanol–water partition coefficient (Wildman–Crippen LogP) is 4.31. The third kappa shape index (κ3) is 3.86. The smallest absolute Gasteiger partial charge is 0.206 e. The van der Waals surface area contributed by atoms with Crippen LogP contribution < -0.4 is 5.32 Å². The summed E-state index contributed by atoms with van der Waals surface area (Å²) in [4.78, 5) is 4.32. The van der Waals surface area contributed by atoms with E-state index in [2.05, 4.69) is 27.4 Å². The third-order valence-corrected chi connectivity index (χ3v) is 4.86. The first-order valence-electron chi connectivity index (χ1n) is 7.05. The average molecular weight is 332 g/mol. The zero-order valence-corrected chi connectivity index (χ0v) is 13.8. The molecule has 1 N–H and O–H groups in total. The molecule has 0 aliphatic carbocycles. The molecule has 22 heavy (non-hydrogen) atoms. The standard InChI is InChI=1S/C15H16N4OS2/c1-2-8-16-14-18-19-15(22-14)21-10-13-17-9-12(20-13)11-6-4-3-5-7-11/h3-7,9H,2,8,10H2,1H3,(H,16,18). The molecule has 0 amide bonds. The topological polar surface area (TPSA) is 63.8 Å². The van der Waals surface area contributed by atoms with Gasteiger partial charge in [-0.3, -0.25) is 0 Å². The fraction of sp³-hybridized carbons (Fsp3) is 0.267. The second-order valence-corrected chi connectivity index (χ2v) is 6.77. The summed E-state index contributed by atoms with van der Waals surface area (Å²) in [6.07, 6.45) is 2.83. The number of nitrogens with zero attached hydrogens (tertiary/aromatic N) is 3. The van der Waals surface area contributed by atoms with E-state index in [4.69, 9.17) is 4.42 Å². The van der Waals surface area contributed by atoms with Gasteiger partial charge in [0.15, 0.2) is 10.1 Å². The van der Waals surface area contributed by atoms with Gasteiger partial charge in [-0.15, -0.1) is 10.2 Å². The number of benzene rings is 1. The van der Waals surface area contributed by atoms with E-state index in [1.54, 1.807) is 29.3 Å². The minimum Gasteiger partial charge on any atom is -0.440 e. The van der Waals surface area contributed by atoms with Gasteiger partial charge in [0.05, 0.1) is 11.9 Å². The van der Waals surface area contributed by atoms with Crippen LogP contribution in [-0.2, 0) is 5.75 Å². The minimum atomic E-state index is 0.648.